The standard InChI is InChI=1S/C18H23ClN2O5/c1-4-21(17(24)11-26-18(25)8-6-13(3)22)10-16(23)20-15-9-14(19)7-5-12(15)2/h5,7,9H,4,6,8,10-11H2,1-3H3,(H,20,23). The topological polar surface area (TPSA) is 92.8 Å². The lowest BCUT2D eigenvalue weighted by Crippen LogP contribution is -2.40. The number of Topliss-reactive ketones (excluding diaryl/α,β-unsaturated/α-hetero) is 1. The molecule has 0 fully saturated rings. The number of anilines is 1. The van der Waals surface area contributed by atoms with E-state index in [0.29, 0.717) is 10.7 Å². The molecule has 0 spiro atoms. The fraction of sp³-hybridized carbons (Fsp3) is 0.444. The third kappa shape index (κ3) is 7.65. The van der Waals surface area contributed by atoms with E-state index in [2.05, 4.69) is 5.32 Å². The Morgan fingerprint density at radius 1 is 1.19 bits per heavy atom. The van der Waals surface area contributed by atoms with Crippen molar-refractivity contribution in [3.63, 3.8) is 0 Å². The first-order chi connectivity index (χ1) is 12.2. The van der Waals surface area contributed by atoms with Gasteiger partial charge in [0, 0.05) is 23.7 Å². The molecule has 142 valence electrons. The molecule has 0 radical (unpaired) electrons. The number of halogens is 1. The zero-order chi connectivity index (χ0) is 19.7. The average Bonchev–Trinajstić information content (AvgIpc) is 2.58. The highest BCUT2D eigenvalue weighted by molar-refractivity contribution is 6.31. The van der Waals surface area contributed by atoms with E-state index < -0.39 is 18.5 Å². The molecule has 1 aromatic rings. The monoisotopic (exact) mass is 382 g/mol. The summed E-state index contributed by atoms with van der Waals surface area (Å²) in [5, 5.41) is 3.20. The molecule has 7 nitrogen and oxygen atoms in total. The van der Waals surface area contributed by atoms with Gasteiger partial charge in [0.05, 0.1) is 13.0 Å². The van der Waals surface area contributed by atoms with Gasteiger partial charge in [0.25, 0.3) is 5.91 Å². The molecule has 0 heterocycles. The normalized spacial score (nSPS) is 10.2. The molecular formula is C18H23ClN2O5. The van der Waals surface area contributed by atoms with Gasteiger partial charge in [-0.3, -0.25) is 14.4 Å². The van der Waals surface area contributed by atoms with Crippen LogP contribution in [0, 0.1) is 6.92 Å². The number of carbonyl (C=O) groups excluding carboxylic acids is 4. The number of likely N-dealkylation sites (N-methyl/N-ethyl adjacent to an activating group) is 1. The van der Waals surface area contributed by atoms with Gasteiger partial charge in [-0.2, -0.15) is 0 Å². The van der Waals surface area contributed by atoms with Crippen molar-refractivity contribution in [2.75, 3.05) is 25.0 Å². The quantitative estimate of drug-likeness (QED) is 0.662. The maximum Gasteiger partial charge on any atom is 0.306 e. The third-order valence-corrected chi connectivity index (χ3v) is 3.82. The van der Waals surface area contributed by atoms with E-state index in [0.717, 1.165) is 5.56 Å². The number of ketones is 1. The van der Waals surface area contributed by atoms with Crippen molar-refractivity contribution in [3.05, 3.63) is 28.8 Å². The van der Waals surface area contributed by atoms with Crippen LogP contribution in [0.4, 0.5) is 5.69 Å². The zero-order valence-corrected chi connectivity index (χ0v) is 15.9. The molecule has 1 rings (SSSR count). The fourth-order valence-corrected chi connectivity index (χ4v) is 2.22. The molecule has 2 amide bonds. The number of rotatable bonds is 9. The predicted octanol–water partition coefficient (Wildman–Crippen LogP) is 2.35. The van der Waals surface area contributed by atoms with E-state index in [1.165, 1.54) is 11.8 Å². The Labute approximate surface area is 157 Å². The van der Waals surface area contributed by atoms with Gasteiger partial charge in [-0.05, 0) is 38.5 Å². The maximum absolute atomic E-state index is 12.2. The number of hydrogen-bond donors (Lipinski definition) is 1. The van der Waals surface area contributed by atoms with Crippen LogP contribution in [0.1, 0.15) is 32.3 Å². The largest absolute Gasteiger partial charge is 0.456 e. The number of nitrogens with one attached hydrogen (secondary N) is 1. The summed E-state index contributed by atoms with van der Waals surface area (Å²) in [5.41, 5.74) is 1.41. The Bertz CT molecular complexity index is 690. The lowest BCUT2D eigenvalue weighted by Gasteiger charge is -2.20. The summed E-state index contributed by atoms with van der Waals surface area (Å²) in [4.78, 5) is 47.8. The Morgan fingerprint density at radius 2 is 1.88 bits per heavy atom. The molecule has 0 bridgehead atoms. The van der Waals surface area contributed by atoms with E-state index in [1.54, 1.807) is 25.1 Å². The van der Waals surface area contributed by atoms with Crippen LogP contribution in [0.3, 0.4) is 0 Å². The number of nitrogens with zero attached hydrogens (tertiary/aromatic N) is 1. The van der Waals surface area contributed by atoms with Gasteiger partial charge < -0.3 is 19.7 Å². The number of benzene rings is 1. The second kappa shape index (κ2) is 10.6. The van der Waals surface area contributed by atoms with E-state index in [-0.39, 0.29) is 37.6 Å². The van der Waals surface area contributed by atoms with Crippen LogP contribution in [-0.2, 0) is 23.9 Å². The van der Waals surface area contributed by atoms with Crippen LogP contribution in [0.2, 0.25) is 5.02 Å². The molecule has 0 unspecified atom stereocenters. The number of ether oxygens (including phenoxy) is 1. The summed E-state index contributed by atoms with van der Waals surface area (Å²) >= 11 is 5.91. The highest BCUT2D eigenvalue weighted by atomic mass is 35.5. The highest BCUT2D eigenvalue weighted by Crippen LogP contribution is 2.20. The van der Waals surface area contributed by atoms with Crippen LogP contribution in [0.25, 0.3) is 0 Å². The summed E-state index contributed by atoms with van der Waals surface area (Å²) in [6, 6.07) is 5.12. The molecule has 26 heavy (non-hydrogen) atoms. The van der Waals surface area contributed by atoms with E-state index >= 15 is 0 Å². The van der Waals surface area contributed by atoms with Gasteiger partial charge in [-0.25, -0.2) is 0 Å². The van der Waals surface area contributed by atoms with Gasteiger partial charge in [-0.1, -0.05) is 17.7 Å². The van der Waals surface area contributed by atoms with Crippen molar-refractivity contribution in [3.8, 4) is 0 Å². The first-order valence-corrected chi connectivity index (χ1v) is 8.59. The van der Waals surface area contributed by atoms with E-state index in [4.69, 9.17) is 16.3 Å². The first-order valence-electron chi connectivity index (χ1n) is 8.21. The molecular weight excluding hydrogens is 360 g/mol. The number of esters is 1. The zero-order valence-electron chi connectivity index (χ0n) is 15.1. The summed E-state index contributed by atoms with van der Waals surface area (Å²) < 4.78 is 4.84. The minimum atomic E-state index is -0.622. The van der Waals surface area contributed by atoms with Crippen molar-refractivity contribution >= 4 is 40.9 Å². The minimum absolute atomic E-state index is 0.0662. The SMILES string of the molecule is CCN(CC(=O)Nc1cc(Cl)ccc1C)C(=O)COC(=O)CCC(C)=O. The summed E-state index contributed by atoms with van der Waals surface area (Å²) in [5.74, 6) is -1.62. The van der Waals surface area contributed by atoms with Crippen molar-refractivity contribution in [1.29, 1.82) is 0 Å². The average molecular weight is 383 g/mol. The minimum Gasteiger partial charge on any atom is -0.456 e. The molecule has 0 aliphatic carbocycles. The van der Waals surface area contributed by atoms with Crippen LogP contribution in [0.5, 0.6) is 0 Å². The van der Waals surface area contributed by atoms with Crippen molar-refractivity contribution < 1.29 is 23.9 Å². The van der Waals surface area contributed by atoms with Crippen molar-refractivity contribution in [2.45, 2.75) is 33.6 Å². The number of carbonyl (C=O) groups is 4. The third-order valence-electron chi connectivity index (χ3n) is 3.58. The molecule has 0 saturated carbocycles. The molecule has 1 aromatic carbocycles. The van der Waals surface area contributed by atoms with Gasteiger partial charge in [-0.15, -0.1) is 0 Å². The highest BCUT2D eigenvalue weighted by Gasteiger charge is 2.18. The molecule has 0 aliphatic heterocycles. The summed E-state index contributed by atoms with van der Waals surface area (Å²) in [7, 11) is 0. The van der Waals surface area contributed by atoms with Crippen molar-refractivity contribution in [2.24, 2.45) is 0 Å². The van der Waals surface area contributed by atoms with Crippen LogP contribution < -0.4 is 5.32 Å². The lowest BCUT2D eigenvalue weighted by atomic mass is 10.2. The van der Waals surface area contributed by atoms with Crippen molar-refractivity contribution in [1.82, 2.24) is 4.90 Å². The number of hydrogen-bond acceptors (Lipinski definition) is 5. The molecule has 0 saturated heterocycles. The van der Waals surface area contributed by atoms with E-state index in [1.807, 2.05) is 6.92 Å². The van der Waals surface area contributed by atoms with Crippen LogP contribution in [-0.4, -0.2) is 48.2 Å². The second-order valence-corrected chi connectivity index (χ2v) is 6.21. The van der Waals surface area contributed by atoms with Gasteiger partial charge >= 0.3 is 5.97 Å². The Morgan fingerprint density at radius 3 is 2.50 bits per heavy atom. The lowest BCUT2D eigenvalue weighted by molar-refractivity contribution is -0.152. The number of aryl methyl sites for hydroxylation is 1. The van der Waals surface area contributed by atoms with Crippen LogP contribution in [0.15, 0.2) is 18.2 Å². The second-order valence-electron chi connectivity index (χ2n) is 5.78. The Hall–Kier alpha value is -2.41. The summed E-state index contributed by atoms with van der Waals surface area (Å²) in [6.07, 6.45) is 0.00910. The van der Waals surface area contributed by atoms with Crippen LogP contribution >= 0.6 is 11.6 Å². The maximum atomic E-state index is 12.2. The smallest absolute Gasteiger partial charge is 0.306 e. The Kier molecular flexibility index (Phi) is 8.78. The molecule has 0 atom stereocenters. The van der Waals surface area contributed by atoms with Gasteiger partial charge in [0.2, 0.25) is 5.91 Å². The predicted molar refractivity (Wildman–Crippen MR) is 97.9 cm³/mol. The van der Waals surface area contributed by atoms with Gasteiger partial charge in [0.15, 0.2) is 6.61 Å². The molecule has 0 aromatic heterocycles. The number of amides is 2. The Balaban J connectivity index is 2.53. The van der Waals surface area contributed by atoms with Gasteiger partial charge in [0.1, 0.15) is 5.78 Å². The fourth-order valence-electron chi connectivity index (χ4n) is 2.05. The molecule has 1 N–H and O–H groups in total. The summed E-state index contributed by atoms with van der Waals surface area (Å²) in [6.45, 7) is 4.56. The molecule has 8 heteroatoms. The first kappa shape index (κ1) is 21.6. The molecule has 0 aliphatic rings. The van der Waals surface area contributed by atoms with E-state index in [9.17, 15) is 19.2 Å².